The van der Waals surface area contributed by atoms with E-state index in [1.165, 1.54) is 12.1 Å². The Balaban J connectivity index is 1.98. The molecule has 110 valence electrons. The number of hydrogen-bond acceptors (Lipinski definition) is 2. The third-order valence-corrected chi connectivity index (χ3v) is 4.09. The average molecular weight is 354 g/mol. The van der Waals surface area contributed by atoms with Gasteiger partial charge in [0.25, 0.3) is 0 Å². The van der Waals surface area contributed by atoms with Crippen molar-refractivity contribution in [3.8, 4) is 5.75 Å². The molecule has 0 fully saturated rings. The van der Waals surface area contributed by atoms with Gasteiger partial charge in [0.2, 0.25) is 0 Å². The quantitative estimate of drug-likeness (QED) is 0.828. The van der Waals surface area contributed by atoms with E-state index < -0.39 is 11.6 Å². The summed E-state index contributed by atoms with van der Waals surface area (Å²) < 4.78 is 34.0. The number of nitrogens with one attached hydrogen (secondary N) is 1. The fourth-order valence-electron chi connectivity index (χ4n) is 2.55. The number of anilines is 1. The normalized spacial score (nSPS) is 20.6. The highest BCUT2D eigenvalue weighted by molar-refractivity contribution is 9.10. The van der Waals surface area contributed by atoms with Crippen molar-refractivity contribution in [2.24, 2.45) is 5.92 Å². The fourth-order valence-corrected chi connectivity index (χ4v) is 2.95. The molecule has 0 aromatic heterocycles. The number of para-hydroxylation sites is 1. The highest BCUT2D eigenvalue weighted by Crippen LogP contribution is 2.38. The molecule has 1 aliphatic heterocycles. The average Bonchev–Trinajstić information content (AvgIpc) is 2.44. The highest BCUT2D eigenvalue weighted by Gasteiger charge is 2.29. The largest absolute Gasteiger partial charge is 0.493 e. The van der Waals surface area contributed by atoms with Gasteiger partial charge in [0, 0.05) is 16.0 Å². The van der Waals surface area contributed by atoms with Crippen molar-refractivity contribution >= 4 is 21.6 Å². The van der Waals surface area contributed by atoms with Gasteiger partial charge in [-0.25, -0.2) is 8.78 Å². The molecule has 0 bridgehead atoms. The number of rotatable bonds is 2. The summed E-state index contributed by atoms with van der Waals surface area (Å²) in [5.74, 6) is -0.371. The van der Waals surface area contributed by atoms with Gasteiger partial charge in [0.1, 0.15) is 23.1 Å². The van der Waals surface area contributed by atoms with E-state index in [0.29, 0.717) is 11.1 Å². The minimum atomic E-state index is -0.613. The van der Waals surface area contributed by atoms with Crippen molar-refractivity contribution in [1.82, 2.24) is 0 Å². The van der Waals surface area contributed by atoms with E-state index in [2.05, 4.69) is 21.2 Å². The summed E-state index contributed by atoms with van der Waals surface area (Å²) in [5, 5.41) is 3.00. The van der Waals surface area contributed by atoms with Crippen LogP contribution in [0.2, 0.25) is 0 Å². The lowest BCUT2D eigenvalue weighted by Crippen LogP contribution is -2.29. The van der Waals surface area contributed by atoms with Gasteiger partial charge in [-0.1, -0.05) is 41.1 Å². The lowest BCUT2D eigenvalue weighted by molar-refractivity contribution is 0.214. The lowest BCUT2D eigenvalue weighted by atomic mass is 9.92. The van der Waals surface area contributed by atoms with Crippen molar-refractivity contribution in [2.75, 3.05) is 11.9 Å². The predicted molar refractivity (Wildman–Crippen MR) is 81.5 cm³/mol. The molecule has 2 unspecified atom stereocenters. The van der Waals surface area contributed by atoms with Crippen LogP contribution in [-0.4, -0.2) is 6.61 Å². The van der Waals surface area contributed by atoms with Gasteiger partial charge < -0.3 is 10.1 Å². The minimum absolute atomic E-state index is 0.0994. The van der Waals surface area contributed by atoms with Gasteiger partial charge in [-0.3, -0.25) is 0 Å². The molecular formula is C16H14BrF2NO. The standard InChI is InChI=1S/C16H14BrF2NO/c1-9-8-21-14-5-3-2-4-11(14)15(9)20-16-12(18)6-10(17)7-13(16)19/h2-7,9,15,20H,8H2,1H3. The van der Waals surface area contributed by atoms with Crippen LogP contribution in [0.1, 0.15) is 18.5 Å². The number of benzene rings is 2. The maximum Gasteiger partial charge on any atom is 0.150 e. The Labute approximate surface area is 130 Å². The van der Waals surface area contributed by atoms with Gasteiger partial charge in [-0.15, -0.1) is 0 Å². The molecule has 21 heavy (non-hydrogen) atoms. The molecule has 0 aliphatic carbocycles. The Kier molecular flexibility index (Phi) is 3.85. The Bertz CT molecular complexity index is 654. The van der Waals surface area contributed by atoms with Crippen molar-refractivity contribution in [2.45, 2.75) is 13.0 Å². The molecular weight excluding hydrogens is 340 g/mol. The molecule has 0 saturated heterocycles. The van der Waals surface area contributed by atoms with Crippen LogP contribution in [-0.2, 0) is 0 Å². The third kappa shape index (κ3) is 2.75. The molecule has 2 atom stereocenters. The molecule has 3 rings (SSSR count). The first kappa shape index (κ1) is 14.3. The zero-order valence-corrected chi connectivity index (χ0v) is 13.0. The summed E-state index contributed by atoms with van der Waals surface area (Å²) in [7, 11) is 0. The van der Waals surface area contributed by atoms with E-state index in [-0.39, 0.29) is 17.6 Å². The SMILES string of the molecule is CC1COc2ccccc2C1Nc1c(F)cc(Br)cc1F. The smallest absolute Gasteiger partial charge is 0.150 e. The molecule has 5 heteroatoms. The van der Waals surface area contributed by atoms with Crippen molar-refractivity contribution in [3.63, 3.8) is 0 Å². The van der Waals surface area contributed by atoms with Crippen LogP contribution in [0.3, 0.4) is 0 Å². The summed E-state index contributed by atoms with van der Waals surface area (Å²) >= 11 is 3.08. The van der Waals surface area contributed by atoms with E-state index >= 15 is 0 Å². The Morgan fingerprint density at radius 2 is 1.86 bits per heavy atom. The first-order valence-electron chi connectivity index (χ1n) is 6.69. The van der Waals surface area contributed by atoms with Crippen LogP contribution in [0.15, 0.2) is 40.9 Å². The predicted octanol–water partition coefficient (Wildman–Crippen LogP) is 4.91. The van der Waals surface area contributed by atoms with Crippen LogP contribution in [0.5, 0.6) is 5.75 Å². The molecule has 1 N–H and O–H groups in total. The molecule has 1 heterocycles. The molecule has 2 aromatic rings. The van der Waals surface area contributed by atoms with Crippen LogP contribution >= 0.6 is 15.9 Å². The number of halogens is 3. The van der Waals surface area contributed by atoms with Gasteiger partial charge in [0.05, 0.1) is 12.6 Å². The van der Waals surface area contributed by atoms with Crippen molar-refractivity contribution < 1.29 is 13.5 Å². The van der Waals surface area contributed by atoms with Gasteiger partial charge >= 0.3 is 0 Å². The van der Waals surface area contributed by atoms with Crippen LogP contribution in [0.25, 0.3) is 0 Å². The number of hydrogen-bond donors (Lipinski definition) is 1. The van der Waals surface area contributed by atoms with Crippen molar-refractivity contribution in [3.05, 3.63) is 58.1 Å². The first-order chi connectivity index (χ1) is 10.1. The van der Waals surface area contributed by atoms with E-state index in [9.17, 15) is 8.78 Å². The Hall–Kier alpha value is -1.62. The number of fused-ring (bicyclic) bond motifs is 1. The van der Waals surface area contributed by atoms with Crippen LogP contribution in [0.4, 0.5) is 14.5 Å². The summed E-state index contributed by atoms with van der Waals surface area (Å²) in [5.41, 5.74) is 0.810. The second kappa shape index (κ2) is 5.64. The summed E-state index contributed by atoms with van der Waals surface area (Å²) in [4.78, 5) is 0. The summed E-state index contributed by atoms with van der Waals surface area (Å²) in [6, 6.07) is 9.86. The molecule has 0 radical (unpaired) electrons. The highest BCUT2D eigenvalue weighted by atomic mass is 79.9. The topological polar surface area (TPSA) is 21.3 Å². The maximum atomic E-state index is 14.0. The van der Waals surface area contributed by atoms with Gasteiger partial charge in [0.15, 0.2) is 0 Å². The van der Waals surface area contributed by atoms with Gasteiger partial charge in [-0.05, 0) is 18.2 Å². The Morgan fingerprint density at radius 1 is 1.19 bits per heavy atom. The van der Waals surface area contributed by atoms with Crippen LogP contribution in [0, 0.1) is 17.6 Å². The Morgan fingerprint density at radius 3 is 2.57 bits per heavy atom. The zero-order chi connectivity index (χ0) is 15.0. The summed E-state index contributed by atoms with van der Waals surface area (Å²) in [6.07, 6.45) is 0. The van der Waals surface area contributed by atoms with Crippen molar-refractivity contribution in [1.29, 1.82) is 0 Å². The molecule has 0 saturated carbocycles. The number of ether oxygens (including phenoxy) is 1. The van der Waals surface area contributed by atoms with E-state index in [1.807, 2.05) is 31.2 Å². The monoisotopic (exact) mass is 353 g/mol. The zero-order valence-electron chi connectivity index (χ0n) is 11.4. The molecule has 1 aliphatic rings. The molecule has 0 amide bonds. The van der Waals surface area contributed by atoms with E-state index in [1.54, 1.807) is 0 Å². The maximum absolute atomic E-state index is 14.0. The van der Waals surface area contributed by atoms with E-state index in [4.69, 9.17) is 4.74 Å². The van der Waals surface area contributed by atoms with Crippen LogP contribution < -0.4 is 10.1 Å². The van der Waals surface area contributed by atoms with Gasteiger partial charge in [-0.2, -0.15) is 0 Å². The summed E-state index contributed by atoms with van der Waals surface area (Å²) in [6.45, 7) is 2.50. The molecule has 2 nitrogen and oxygen atoms in total. The van der Waals surface area contributed by atoms with E-state index in [0.717, 1.165) is 11.3 Å². The lowest BCUT2D eigenvalue weighted by Gasteiger charge is -2.33. The second-order valence-corrected chi connectivity index (χ2v) is 6.11. The molecule has 2 aromatic carbocycles. The molecule has 0 spiro atoms. The first-order valence-corrected chi connectivity index (χ1v) is 7.48. The fraction of sp³-hybridized carbons (Fsp3) is 0.250. The minimum Gasteiger partial charge on any atom is -0.493 e. The second-order valence-electron chi connectivity index (χ2n) is 5.19. The third-order valence-electron chi connectivity index (χ3n) is 3.63.